The molecule has 0 aliphatic heterocycles. The van der Waals surface area contributed by atoms with Crippen LogP contribution in [0.3, 0.4) is 0 Å². The maximum absolute atomic E-state index is 5.31. The fourth-order valence-corrected chi connectivity index (χ4v) is 2.18. The Kier molecular flexibility index (Phi) is 2.03. The van der Waals surface area contributed by atoms with Crippen molar-refractivity contribution < 1.29 is 4.74 Å². The monoisotopic (exact) mass is 176 g/mol. The molecule has 13 heavy (non-hydrogen) atoms. The lowest BCUT2D eigenvalue weighted by atomic mass is 10.0. The third-order valence-electron chi connectivity index (χ3n) is 3.03. The largest absolute Gasteiger partial charge is 0.496 e. The van der Waals surface area contributed by atoms with Gasteiger partial charge in [0.1, 0.15) is 5.75 Å². The Balaban J connectivity index is 2.50. The second kappa shape index (κ2) is 3.06. The summed E-state index contributed by atoms with van der Waals surface area (Å²) in [5, 5.41) is 0. The van der Waals surface area contributed by atoms with Crippen LogP contribution < -0.4 is 4.74 Å². The number of fused-ring (bicyclic) bond motifs is 1. The van der Waals surface area contributed by atoms with Crippen molar-refractivity contribution in [3.05, 3.63) is 28.8 Å². The zero-order valence-electron chi connectivity index (χ0n) is 8.55. The highest BCUT2D eigenvalue weighted by molar-refractivity contribution is 5.45. The van der Waals surface area contributed by atoms with Gasteiger partial charge >= 0.3 is 0 Å². The molecule has 1 heteroatoms. The van der Waals surface area contributed by atoms with Gasteiger partial charge in [-0.05, 0) is 48.4 Å². The van der Waals surface area contributed by atoms with Gasteiger partial charge in [-0.15, -0.1) is 0 Å². The second-order valence-electron chi connectivity index (χ2n) is 3.96. The van der Waals surface area contributed by atoms with Crippen LogP contribution in [-0.2, 0) is 6.42 Å². The Morgan fingerprint density at radius 1 is 1.38 bits per heavy atom. The summed E-state index contributed by atoms with van der Waals surface area (Å²) in [5.41, 5.74) is 4.27. The van der Waals surface area contributed by atoms with Crippen molar-refractivity contribution in [1.29, 1.82) is 0 Å². The molecule has 0 saturated carbocycles. The van der Waals surface area contributed by atoms with Gasteiger partial charge < -0.3 is 4.74 Å². The smallest absolute Gasteiger partial charge is 0.122 e. The van der Waals surface area contributed by atoms with Gasteiger partial charge in [0.15, 0.2) is 0 Å². The van der Waals surface area contributed by atoms with Crippen LogP contribution >= 0.6 is 0 Å². The second-order valence-corrected chi connectivity index (χ2v) is 3.96. The first kappa shape index (κ1) is 8.61. The lowest BCUT2D eigenvalue weighted by molar-refractivity contribution is 0.411. The molecule has 0 amide bonds. The van der Waals surface area contributed by atoms with Gasteiger partial charge in [-0.25, -0.2) is 0 Å². The molecule has 0 radical (unpaired) electrons. The predicted molar refractivity (Wildman–Crippen MR) is 54.5 cm³/mol. The lowest BCUT2D eigenvalue weighted by Crippen LogP contribution is -1.92. The number of aryl methyl sites for hydroxylation is 2. The zero-order valence-corrected chi connectivity index (χ0v) is 8.55. The van der Waals surface area contributed by atoms with Gasteiger partial charge in [0.05, 0.1) is 7.11 Å². The van der Waals surface area contributed by atoms with Crippen LogP contribution in [0.15, 0.2) is 12.1 Å². The first-order chi connectivity index (χ1) is 6.22. The van der Waals surface area contributed by atoms with Crippen LogP contribution in [0.1, 0.15) is 36.0 Å². The Morgan fingerprint density at radius 3 is 2.85 bits per heavy atom. The SMILES string of the molecule is COc1cc2c(cc1C)[C@@H](C)CC2. The number of hydrogen-bond donors (Lipinski definition) is 0. The molecule has 0 N–H and O–H groups in total. The van der Waals surface area contributed by atoms with Crippen molar-refractivity contribution in [1.82, 2.24) is 0 Å². The van der Waals surface area contributed by atoms with E-state index in [0.717, 1.165) is 11.7 Å². The van der Waals surface area contributed by atoms with Crippen molar-refractivity contribution in [2.75, 3.05) is 7.11 Å². The van der Waals surface area contributed by atoms with Crippen LogP contribution in [0, 0.1) is 6.92 Å². The standard InChI is InChI=1S/C12H16O/c1-8-4-5-10-7-12(13-3)9(2)6-11(8)10/h6-8H,4-5H2,1-3H3/t8-/m0/s1. The first-order valence-corrected chi connectivity index (χ1v) is 4.89. The third-order valence-corrected chi connectivity index (χ3v) is 3.03. The molecular formula is C12H16O. The van der Waals surface area contributed by atoms with Crippen LogP contribution in [0.5, 0.6) is 5.75 Å². The highest BCUT2D eigenvalue weighted by atomic mass is 16.5. The van der Waals surface area contributed by atoms with Crippen molar-refractivity contribution >= 4 is 0 Å². The molecule has 70 valence electrons. The molecule has 1 aliphatic carbocycles. The summed E-state index contributed by atoms with van der Waals surface area (Å²) in [5.74, 6) is 1.77. The molecule has 2 rings (SSSR count). The van der Waals surface area contributed by atoms with E-state index in [0.29, 0.717) is 0 Å². The predicted octanol–water partition coefficient (Wildman–Crippen LogP) is 3.05. The lowest BCUT2D eigenvalue weighted by Gasteiger charge is -2.09. The maximum atomic E-state index is 5.31. The summed E-state index contributed by atoms with van der Waals surface area (Å²) in [4.78, 5) is 0. The van der Waals surface area contributed by atoms with Gasteiger partial charge in [-0.3, -0.25) is 0 Å². The van der Waals surface area contributed by atoms with E-state index in [-0.39, 0.29) is 0 Å². The molecule has 1 nitrogen and oxygen atoms in total. The Morgan fingerprint density at radius 2 is 2.15 bits per heavy atom. The minimum atomic E-state index is 0.736. The summed E-state index contributed by atoms with van der Waals surface area (Å²) in [7, 11) is 1.74. The molecule has 0 spiro atoms. The van der Waals surface area contributed by atoms with E-state index in [2.05, 4.69) is 26.0 Å². The van der Waals surface area contributed by atoms with E-state index in [1.807, 2.05) is 0 Å². The quantitative estimate of drug-likeness (QED) is 0.639. The Bertz CT molecular complexity index is 328. The molecule has 0 aromatic heterocycles. The van der Waals surface area contributed by atoms with Crippen molar-refractivity contribution in [3.63, 3.8) is 0 Å². The number of benzene rings is 1. The average Bonchev–Trinajstić information content (AvgIpc) is 2.47. The van der Waals surface area contributed by atoms with E-state index in [1.165, 1.54) is 29.5 Å². The van der Waals surface area contributed by atoms with Crippen LogP contribution in [-0.4, -0.2) is 7.11 Å². The molecule has 1 aromatic rings. The van der Waals surface area contributed by atoms with Crippen LogP contribution in [0.25, 0.3) is 0 Å². The number of ether oxygens (including phenoxy) is 1. The van der Waals surface area contributed by atoms with E-state index in [9.17, 15) is 0 Å². The molecule has 0 unspecified atom stereocenters. The van der Waals surface area contributed by atoms with E-state index in [4.69, 9.17) is 4.74 Å². The van der Waals surface area contributed by atoms with Gasteiger partial charge in [0, 0.05) is 0 Å². The summed E-state index contributed by atoms with van der Waals surface area (Å²) in [6.07, 6.45) is 2.51. The van der Waals surface area contributed by atoms with E-state index < -0.39 is 0 Å². The maximum Gasteiger partial charge on any atom is 0.122 e. The van der Waals surface area contributed by atoms with Gasteiger partial charge in [-0.1, -0.05) is 13.0 Å². The summed E-state index contributed by atoms with van der Waals surface area (Å²) < 4.78 is 5.31. The van der Waals surface area contributed by atoms with Gasteiger partial charge in [0.2, 0.25) is 0 Å². The fourth-order valence-electron chi connectivity index (χ4n) is 2.18. The normalized spacial score (nSPS) is 20.1. The van der Waals surface area contributed by atoms with Crippen molar-refractivity contribution in [2.24, 2.45) is 0 Å². The summed E-state index contributed by atoms with van der Waals surface area (Å²) in [6, 6.07) is 4.49. The minimum Gasteiger partial charge on any atom is -0.496 e. The average molecular weight is 176 g/mol. The Hall–Kier alpha value is -0.980. The number of rotatable bonds is 1. The fraction of sp³-hybridized carbons (Fsp3) is 0.500. The van der Waals surface area contributed by atoms with Crippen LogP contribution in [0.4, 0.5) is 0 Å². The molecular weight excluding hydrogens is 160 g/mol. The van der Waals surface area contributed by atoms with Crippen molar-refractivity contribution in [3.8, 4) is 5.75 Å². The third kappa shape index (κ3) is 1.32. The van der Waals surface area contributed by atoms with Crippen molar-refractivity contribution in [2.45, 2.75) is 32.6 Å². The summed E-state index contributed by atoms with van der Waals surface area (Å²) >= 11 is 0. The van der Waals surface area contributed by atoms with Gasteiger partial charge in [0.25, 0.3) is 0 Å². The Labute approximate surface area is 79.7 Å². The van der Waals surface area contributed by atoms with E-state index in [1.54, 1.807) is 7.11 Å². The molecule has 1 atom stereocenters. The minimum absolute atomic E-state index is 0.736. The van der Waals surface area contributed by atoms with E-state index >= 15 is 0 Å². The van der Waals surface area contributed by atoms with Crippen LogP contribution in [0.2, 0.25) is 0 Å². The molecule has 1 aromatic carbocycles. The first-order valence-electron chi connectivity index (χ1n) is 4.89. The molecule has 0 saturated heterocycles. The molecule has 1 aliphatic rings. The highest BCUT2D eigenvalue weighted by Crippen LogP contribution is 2.36. The summed E-state index contributed by atoms with van der Waals surface area (Å²) in [6.45, 7) is 4.42. The molecule has 0 heterocycles. The van der Waals surface area contributed by atoms with Gasteiger partial charge in [-0.2, -0.15) is 0 Å². The number of hydrogen-bond acceptors (Lipinski definition) is 1. The molecule has 0 bridgehead atoms. The highest BCUT2D eigenvalue weighted by Gasteiger charge is 2.19. The number of methoxy groups -OCH3 is 1. The topological polar surface area (TPSA) is 9.23 Å². The zero-order chi connectivity index (χ0) is 9.42. The molecule has 0 fully saturated rings.